The molecular weight excluding hydrogens is 248 g/mol. The van der Waals surface area contributed by atoms with E-state index in [1.54, 1.807) is 6.07 Å². The zero-order valence-corrected chi connectivity index (χ0v) is 11.2. The Morgan fingerprint density at radius 3 is 2.70 bits per heavy atom. The Labute approximate surface area is 116 Å². The smallest absolute Gasteiger partial charge is 0.163 e. The molecule has 0 heterocycles. The van der Waals surface area contributed by atoms with E-state index in [9.17, 15) is 9.90 Å². The molecule has 0 spiro atoms. The summed E-state index contributed by atoms with van der Waals surface area (Å²) in [7, 11) is 0. The predicted molar refractivity (Wildman–Crippen MR) is 80.5 cm³/mol. The average Bonchev–Trinajstić information content (AvgIpc) is 2.80. The van der Waals surface area contributed by atoms with Gasteiger partial charge in [-0.05, 0) is 46.7 Å². The van der Waals surface area contributed by atoms with Crippen molar-refractivity contribution in [3.63, 3.8) is 0 Å². The molecule has 1 aliphatic rings. The fraction of sp³-hybridized carbons (Fsp3) is 0.167. The van der Waals surface area contributed by atoms with E-state index in [-0.39, 0.29) is 11.5 Å². The van der Waals surface area contributed by atoms with Crippen LogP contribution in [0.5, 0.6) is 5.75 Å². The minimum Gasteiger partial charge on any atom is -0.507 e. The van der Waals surface area contributed by atoms with E-state index in [4.69, 9.17) is 0 Å². The standard InChI is InChI=1S/C18H14O2/c1-10-8-11-4-2-3-5-12(11)18-16(20)9-14-13(17(10)18)6-7-15(14)19/h2-5,8-9,20H,6-7H2,1H3. The van der Waals surface area contributed by atoms with Crippen molar-refractivity contribution >= 4 is 27.3 Å². The number of hydrogen-bond donors (Lipinski definition) is 1. The van der Waals surface area contributed by atoms with Gasteiger partial charge in [0.25, 0.3) is 0 Å². The van der Waals surface area contributed by atoms with Crippen LogP contribution in [0.1, 0.15) is 27.9 Å². The molecule has 3 aromatic rings. The monoisotopic (exact) mass is 262 g/mol. The normalized spacial score (nSPS) is 14.2. The van der Waals surface area contributed by atoms with E-state index in [1.807, 2.05) is 18.2 Å². The van der Waals surface area contributed by atoms with Gasteiger partial charge in [0.15, 0.2) is 5.78 Å². The minimum atomic E-state index is 0.143. The molecule has 0 saturated carbocycles. The van der Waals surface area contributed by atoms with Gasteiger partial charge in [-0.15, -0.1) is 0 Å². The zero-order chi connectivity index (χ0) is 13.9. The topological polar surface area (TPSA) is 37.3 Å². The second-order valence-electron chi connectivity index (χ2n) is 5.51. The molecule has 0 amide bonds. The quantitative estimate of drug-likeness (QED) is 0.618. The van der Waals surface area contributed by atoms with Crippen molar-refractivity contribution in [1.29, 1.82) is 0 Å². The number of aromatic hydroxyl groups is 1. The molecule has 20 heavy (non-hydrogen) atoms. The van der Waals surface area contributed by atoms with Crippen LogP contribution in [0.25, 0.3) is 21.5 Å². The molecule has 4 rings (SSSR count). The van der Waals surface area contributed by atoms with Crippen LogP contribution < -0.4 is 0 Å². The highest BCUT2D eigenvalue weighted by molar-refractivity contribution is 6.16. The zero-order valence-electron chi connectivity index (χ0n) is 11.2. The van der Waals surface area contributed by atoms with Crippen LogP contribution >= 0.6 is 0 Å². The van der Waals surface area contributed by atoms with Crippen molar-refractivity contribution in [3.8, 4) is 5.75 Å². The van der Waals surface area contributed by atoms with Crippen LogP contribution in [-0.4, -0.2) is 10.9 Å². The van der Waals surface area contributed by atoms with Gasteiger partial charge in [0, 0.05) is 17.4 Å². The summed E-state index contributed by atoms with van der Waals surface area (Å²) >= 11 is 0. The molecular formula is C18H14O2. The van der Waals surface area contributed by atoms with Gasteiger partial charge < -0.3 is 5.11 Å². The molecule has 2 nitrogen and oxygen atoms in total. The largest absolute Gasteiger partial charge is 0.507 e. The molecule has 0 saturated heterocycles. The summed E-state index contributed by atoms with van der Waals surface area (Å²) in [6.45, 7) is 2.05. The lowest BCUT2D eigenvalue weighted by Gasteiger charge is -2.13. The van der Waals surface area contributed by atoms with Crippen LogP contribution in [0.3, 0.4) is 0 Å². The maximum Gasteiger partial charge on any atom is 0.163 e. The van der Waals surface area contributed by atoms with E-state index in [2.05, 4.69) is 19.1 Å². The molecule has 0 fully saturated rings. The van der Waals surface area contributed by atoms with Crippen LogP contribution in [0.4, 0.5) is 0 Å². The Kier molecular flexibility index (Phi) is 2.19. The van der Waals surface area contributed by atoms with Crippen LogP contribution in [-0.2, 0) is 6.42 Å². The van der Waals surface area contributed by atoms with Gasteiger partial charge in [0.05, 0.1) is 0 Å². The first-order valence-corrected chi connectivity index (χ1v) is 6.87. The summed E-state index contributed by atoms with van der Waals surface area (Å²) in [5.41, 5.74) is 2.93. The molecule has 0 unspecified atom stereocenters. The molecule has 1 N–H and O–H groups in total. The minimum absolute atomic E-state index is 0.143. The van der Waals surface area contributed by atoms with Crippen LogP contribution in [0.15, 0.2) is 36.4 Å². The fourth-order valence-electron chi connectivity index (χ4n) is 3.46. The van der Waals surface area contributed by atoms with Crippen molar-refractivity contribution < 1.29 is 9.90 Å². The maximum atomic E-state index is 11.9. The Hall–Kier alpha value is -2.35. The Balaban J connectivity index is 2.31. The Bertz CT molecular complexity index is 891. The summed E-state index contributed by atoms with van der Waals surface area (Å²) in [4.78, 5) is 11.9. The Morgan fingerprint density at radius 2 is 1.85 bits per heavy atom. The highest BCUT2D eigenvalue weighted by Gasteiger charge is 2.25. The molecule has 0 aliphatic heterocycles. The molecule has 0 bridgehead atoms. The van der Waals surface area contributed by atoms with Crippen molar-refractivity contribution in [1.82, 2.24) is 0 Å². The molecule has 1 aliphatic carbocycles. The summed E-state index contributed by atoms with van der Waals surface area (Å²) < 4.78 is 0. The lowest BCUT2D eigenvalue weighted by molar-refractivity contribution is 0.0994. The first-order valence-electron chi connectivity index (χ1n) is 6.87. The van der Waals surface area contributed by atoms with Crippen molar-refractivity contribution in [2.24, 2.45) is 0 Å². The van der Waals surface area contributed by atoms with E-state index >= 15 is 0 Å². The highest BCUT2D eigenvalue weighted by atomic mass is 16.3. The van der Waals surface area contributed by atoms with Gasteiger partial charge in [0.1, 0.15) is 5.75 Å². The van der Waals surface area contributed by atoms with E-state index in [1.165, 1.54) is 0 Å². The summed E-state index contributed by atoms with van der Waals surface area (Å²) in [6.07, 6.45) is 1.34. The van der Waals surface area contributed by atoms with Crippen LogP contribution in [0.2, 0.25) is 0 Å². The summed E-state index contributed by atoms with van der Waals surface area (Å²) in [6, 6.07) is 11.9. The fourth-order valence-corrected chi connectivity index (χ4v) is 3.46. The molecule has 0 radical (unpaired) electrons. The number of phenols is 1. The van der Waals surface area contributed by atoms with Gasteiger partial charge in [-0.3, -0.25) is 4.79 Å². The predicted octanol–water partition coefficient (Wildman–Crippen LogP) is 4.14. The van der Waals surface area contributed by atoms with E-state index < -0.39 is 0 Å². The maximum absolute atomic E-state index is 11.9. The molecule has 2 heteroatoms. The third kappa shape index (κ3) is 1.36. The lowest BCUT2D eigenvalue weighted by atomic mass is 9.92. The van der Waals surface area contributed by atoms with Crippen molar-refractivity contribution in [2.45, 2.75) is 19.8 Å². The third-order valence-electron chi connectivity index (χ3n) is 4.31. The summed E-state index contributed by atoms with van der Waals surface area (Å²) in [5.74, 6) is 0.360. The number of fused-ring (bicyclic) bond motifs is 5. The average molecular weight is 262 g/mol. The number of Topliss-reactive ketones (excluding diaryl/α,β-unsaturated/α-hetero) is 1. The van der Waals surface area contributed by atoms with E-state index in [0.717, 1.165) is 39.1 Å². The van der Waals surface area contributed by atoms with Crippen molar-refractivity contribution in [3.05, 3.63) is 53.1 Å². The lowest BCUT2D eigenvalue weighted by Crippen LogP contribution is -1.94. The van der Waals surface area contributed by atoms with Crippen LogP contribution in [0, 0.1) is 6.92 Å². The van der Waals surface area contributed by atoms with Crippen molar-refractivity contribution in [2.75, 3.05) is 0 Å². The molecule has 0 atom stereocenters. The van der Waals surface area contributed by atoms with Gasteiger partial charge >= 0.3 is 0 Å². The van der Waals surface area contributed by atoms with E-state index in [0.29, 0.717) is 12.0 Å². The Morgan fingerprint density at radius 1 is 1.05 bits per heavy atom. The summed E-state index contributed by atoms with van der Waals surface area (Å²) in [5, 5.41) is 14.5. The first-order chi connectivity index (χ1) is 9.66. The first kappa shape index (κ1) is 11.5. The van der Waals surface area contributed by atoms with Gasteiger partial charge in [-0.25, -0.2) is 0 Å². The molecule has 3 aromatic carbocycles. The molecule has 98 valence electrons. The number of carbonyl (C=O) groups is 1. The SMILES string of the molecule is Cc1cc2ccccc2c2c(O)cc3c(c12)CCC3=O. The van der Waals surface area contributed by atoms with Gasteiger partial charge in [0.2, 0.25) is 0 Å². The third-order valence-corrected chi connectivity index (χ3v) is 4.31. The number of rotatable bonds is 0. The number of ketones is 1. The van der Waals surface area contributed by atoms with Gasteiger partial charge in [-0.1, -0.05) is 30.3 Å². The van der Waals surface area contributed by atoms with Gasteiger partial charge in [-0.2, -0.15) is 0 Å². The highest BCUT2D eigenvalue weighted by Crippen LogP contribution is 2.41. The number of aryl methyl sites for hydroxylation is 2. The number of phenolic OH excluding ortho intramolecular Hbond substituents is 1. The number of hydrogen-bond acceptors (Lipinski definition) is 2. The molecule has 0 aromatic heterocycles. The number of carbonyl (C=O) groups excluding carboxylic acids is 1. The second kappa shape index (κ2) is 3.83. The second-order valence-corrected chi connectivity index (χ2v) is 5.51. The number of benzene rings is 3.